The molecule has 1 aliphatic rings. The Hall–Kier alpha value is -2.58. The van der Waals surface area contributed by atoms with Crippen LogP contribution in [0.2, 0.25) is 0 Å². The second-order valence-electron chi connectivity index (χ2n) is 5.79. The third-order valence-electron chi connectivity index (χ3n) is 3.80. The van der Waals surface area contributed by atoms with Crippen LogP contribution in [-0.2, 0) is 21.7 Å². The quantitative estimate of drug-likeness (QED) is 0.693. The molecule has 3 N–H and O–H groups in total. The number of amides is 2. The maximum Gasteiger partial charge on any atom is 0.309 e. The maximum atomic E-state index is 11.9. The molecular weight excluding hydrogens is 344 g/mol. The highest BCUT2D eigenvalue weighted by molar-refractivity contribution is 7.09. The van der Waals surface area contributed by atoms with Crippen molar-refractivity contribution in [1.29, 1.82) is 0 Å². The molecule has 0 saturated heterocycles. The van der Waals surface area contributed by atoms with E-state index in [2.05, 4.69) is 10.6 Å². The molecule has 3 rings (SSSR count). The zero-order valence-electron chi connectivity index (χ0n) is 13.6. The molecule has 2 aromatic rings. The largest absolute Gasteiger partial charge is 0.454 e. The average molecular weight is 362 g/mol. The van der Waals surface area contributed by atoms with Gasteiger partial charge in [-0.25, -0.2) is 0 Å². The Labute approximate surface area is 148 Å². The summed E-state index contributed by atoms with van der Waals surface area (Å²) in [5, 5.41) is 17.5. The number of carbonyl (C=O) groups excluding carboxylic acids is 2. The maximum absolute atomic E-state index is 11.9. The smallest absolute Gasteiger partial charge is 0.309 e. The molecule has 132 valence electrons. The summed E-state index contributed by atoms with van der Waals surface area (Å²) in [4.78, 5) is 24.7. The predicted molar refractivity (Wildman–Crippen MR) is 91.3 cm³/mol. The van der Waals surface area contributed by atoms with Crippen molar-refractivity contribution in [3.63, 3.8) is 0 Å². The molecule has 0 bridgehead atoms. The fourth-order valence-corrected chi connectivity index (χ4v) is 2.97. The van der Waals surface area contributed by atoms with E-state index in [0.29, 0.717) is 23.6 Å². The topological polar surface area (TPSA) is 96.9 Å². The standard InChI is InChI=1S/C17H18N2O5S/c1-17(22,11-4-5-13-14(7-11)24-10-23-13)9-19-16(21)15(20)18-8-12-3-2-6-25-12/h2-7,22H,8-10H2,1H3,(H,18,20)(H,19,21)/t17-/m1/s1. The lowest BCUT2D eigenvalue weighted by atomic mass is 9.95. The summed E-state index contributed by atoms with van der Waals surface area (Å²) < 4.78 is 10.5. The summed E-state index contributed by atoms with van der Waals surface area (Å²) in [6.07, 6.45) is 0. The third-order valence-corrected chi connectivity index (χ3v) is 4.67. The molecule has 0 saturated carbocycles. The molecule has 1 aliphatic heterocycles. The van der Waals surface area contributed by atoms with Crippen LogP contribution in [-0.4, -0.2) is 30.3 Å². The highest BCUT2D eigenvalue weighted by Gasteiger charge is 2.27. The fraction of sp³-hybridized carbons (Fsp3) is 0.294. The van der Waals surface area contributed by atoms with E-state index in [9.17, 15) is 14.7 Å². The highest BCUT2D eigenvalue weighted by Crippen LogP contribution is 2.35. The first-order valence-corrected chi connectivity index (χ1v) is 8.54. The summed E-state index contributed by atoms with van der Waals surface area (Å²) in [7, 11) is 0. The molecular formula is C17H18N2O5S. The zero-order valence-corrected chi connectivity index (χ0v) is 14.4. The van der Waals surface area contributed by atoms with Crippen molar-refractivity contribution in [2.24, 2.45) is 0 Å². The molecule has 1 aromatic carbocycles. The van der Waals surface area contributed by atoms with E-state index in [4.69, 9.17) is 9.47 Å². The van der Waals surface area contributed by atoms with E-state index in [1.165, 1.54) is 11.3 Å². The first-order valence-electron chi connectivity index (χ1n) is 7.66. The molecule has 0 unspecified atom stereocenters. The normalized spacial score (nSPS) is 14.6. The Morgan fingerprint density at radius 2 is 1.96 bits per heavy atom. The van der Waals surface area contributed by atoms with Gasteiger partial charge >= 0.3 is 11.8 Å². The summed E-state index contributed by atoms with van der Waals surface area (Å²) in [6, 6.07) is 8.78. The van der Waals surface area contributed by atoms with E-state index >= 15 is 0 Å². The molecule has 0 radical (unpaired) electrons. The monoisotopic (exact) mass is 362 g/mol. The molecule has 1 aromatic heterocycles. The van der Waals surface area contributed by atoms with Gasteiger partial charge < -0.3 is 25.2 Å². The van der Waals surface area contributed by atoms with E-state index in [1.54, 1.807) is 25.1 Å². The van der Waals surface area contributed by atoms with Crippen LogP contribution in [0.15, 0.2) is 35.7 Å². The summed E-state index contributed by atoms with van der Waals surface area (Å²) in [6.45, 7) is 1.87. The van der Waals surface area contributed by atoms with Gasteiger partial charge in [-0.2, -0.15) is 0 Å². The molecule has 7 nitrogen and oxygen atoms in total. The van der Waals surface area contributed by atoms with Crippen LogP contribution in [0, 0.1) is 0 Å². The lowest BCUT2D eigenvalue weighted by molar-refractivity contribution is -0.139. The minimum Gasteiger partial charge on any atom is -0.454 e. The summed E-state index contributed by atoms with van der Waals surface area (Å²) in [5.74, 6) is -0.387. The lowest BCUT2D eigenvalue weighted by Crippen LogP contribution is -2.45. The van der Waals surface area contributed by atoms with Crippen molar-refractivity contribution in [3.8, 4) is 11.5 Å². The number of benzene rings is 1. The second kappa shape index (κ2) is 7.12. The Kier molecular flexibility index (Phi) is 4.91. The van der Waals surface area contributed by atoms with E-state index in [1.807, 2.05) is 17.5 Å². The van der Waals surface area contributed by atoms with Gasteiger partial charge in [0.25, 0.3) is 0 Å². The Morgan fingerprint density at radius 3 is 2.72 bits per heavy atom. The number of carbonyl (C=O) groups is 2. The molecule has 0 aliphatic carbocycles. The Bertz CT molecular complexity index is 773. The number of nitrogens with one attached hydrogen (secondary N) is 2. The summed E-state index contributed by atoms with van der Waals surface area (Å²) >= 11 is 1.49. The van der Waals surface area contributed by atoms with Gasteiger partial charge in [-0.3, -0.25) is 9.59 Å². The van der Waals surface area contributed by atoms with Crippen molar-refractivity contribution < 1.29 is 24.2 Å². The average Bonchev–Trinajstić information content (AvgIpc) is 3.27. The molecule has 2 amide bonds. The Balaban J connectivity index is 1.54. The number of hydrogen-bond acceptors (Lipinski definition) is 6. The number of aliphatic hydroxyl groups is 1. The van der Waals surface area contributed by atoms with Gasteiger partial charge in [0, 0.05) is 4.88 Å². The van der Waals surface area contributed by atoms with Crippen LogP contribution in [0.5, 0.6) is 11.5 Å². The van der Waals surface area contributed by atoms with E-state index < -0.39 is 17.4 Å². The van der Waals surface area contributed by atoms with Gasteiger partial charge in [0.05, 0.1) is 13.1 Å². The van der Waals surface area contributed by atoms with E-state index in [-0.39, 0.29) is 13.3 Å². The van der Waals surface area contributed by atoms with Crippen molar-refractivity contribution in [1.82, 2.24) is 10.6 Å². The van der Waals surface area contributed by atoms with Crippen molar-refractivity contribution in [3.05, 3.63) is 46.2 Å². The van der Waals surface area contributed by atoms with Crippen LogP contribution in [0.4, 0.5) is 0 Å². The minimum absolute atomic E-state index is 0.113. The van der Waals surface area contributed by atoms with Crippen molar-refractivity contribution in [2.45, 2.75) is 19.1 Å². The van der Waals surface area contributed by atoms with Crippen LogP contribution in [0.3, 0.4) is 0 Å². The summed E-state index contributed by atoms with van der Waals surface area (Å²) in [5.41, 5.74) is -0.805. The first kappa shape index (κ1) is 17.2. The SMILES string of the molecule is C[C@@](O)(CNC(=O)C(=O)NCc1cccs1)c1ccc2c(c1)OCO2. The fourth-order valence-electron chi connectivity index (χ4n) is 2.33. The van der Waals surface area contributed by atoms with Crippen LogP contribution in [0.25, 0.3) is 0 Å². The van der Waals surface area contributed by atoms with Gasteiger partial charge in [0.1, 0.15) is 5.60 Å². The Morgan fingerprint density at radius 1 is 1.20 bits per heavy atom. The zero-order chi connectivity index (χ0) is 17.9. The highest BCUT2D eigenvalue weighted by atomic mass is 32.1. The number of thiophene rings is 1. The second-order valence-corrected chi connectivity index (χ2v) is 6.82. The molecule has 1 atom stereocenters. The van der Waals surface area contributed by atoms with Crippen LogP contribution < -0.4 is 20.1 Å². The number of fused-ring (bicyclic) bond motifs is 1. The van der Waals surface area contributed by atoms with Crippen molar-refractivity contribution >= 4 is 23.2 Å². The van der Waals surface area contributed by atoms with Crippen LogP contribution in [0.1, 0.15) is 17.4 Å². The molecule has 8 heteroatoms. The van der Waals surface area contributed by atoms with Crippen molar-refractivity contribution in [2.75, 3.05) is 13.3 Å². The predicted octanol–water partition coefficient (Wildman–Crippen LogP) is 1.12. The van der Waals surface area contributed by atoms with E-state index in [0.717, 1.165) is 4.88 Å². The molecule has 0 spiro atoms. The molecule has 0 fully saturated rings. The van der Waals surface area contributed by atoms with Gasteiger partial charge in [0.2, 0.25) is 6.79 Å². The third kappa shape index (κ3) is 4.09. The van der Waals surface area contributed by atoms with Gasteiger partial charge in [-0.05, 0) is 36.1 Å². The lowest BCUT2D eigenvalue weighted by Gasteiger charge is -2.24. The van der Waals surface area contributed by atoms with Gasteiger partial charge in [-0.15, -0.1) is 11.3 Å². The first-order chi connectivity index (χ1) is 12.0. The van der Waals surface area contributed by atoms with Gasteiger partial charge in [0.15, 0.2) is 11.5 Å². The van der Waals surface area contributed by atoms with Crippen LogP contribution >= 0.6 is 11.3 Å². The molecule has 25 heavy (non-hydrogen) atoms. The minimum atomic E-state index is -1.36. The number of rotatable bonds is 5. The number of hydrogen-bond donors (Lipinski definition) is 3. The molecule has 2 heterocycles. The number of ether oxygens (including phenoxy) is 2. The van der Waals surface area contributed by atoms with Gasteiger partial charge in [-0.1, -0.05) is 12.1 Å².